The number of ether oxygens (including phenoxy) is 1. The van der Waals surface area contributed by atoms with E-state index in [2.05, 4.69) is 34.4 Å². The van der Waals surface area contributed by atoms with E-state index in [9.17, 15) is 4.79 Å². The lowest BCUT2D eigenvalue weighted by atomic mass is 10.2. The van der Waals surface area contributed by atoms with Crippen molar-refractivity contribution in [2.24, 2.45) is 5.92 Å². The molecule has 0 saturated carbocycles. The summed E-state index contributed by atoms with van der Waals surface area (Å²) in [6.07, 6.45) is 1.78. The van der Waals surface area contributed by atoms with Gasteiger partial charge in [0, 0.05) is 37.9 Å². The van der Waals surface area contributed by atoms with Gasteiger partial charge in [-0.25, -0.2) is 9.78 Å². The van der Waals surface area contributed by atoms with Crippen molar-refractivity contribution in [1.82, 2.24) is 15.6 Å². The number of carbonyl (C=O) groups is 1. The third-order valence-electron chi connectivity index (χ3n) is 3.29. The Kier molecular flexibility index (Phi) is 5.80. The Morgan fingerprint density at radius 1 is 1.38 bits per heavy atom. The molecule has 1 aromatic heterocycles. The van der Waals surface area contributed by atoms with E-state index in [0.29, 0.717) is 19.0 Å². The van der Waals surface area contributed by atoms with Crippen LogP contribution in [0.25, 0.3) is 0 Å². The molecule has 6 nitrogen and oxygen atoms in total. The third-order valence-corrected chi connectivity index (χ3v) is 3.29. The standard InChI is InChI=1S/C15H24N4O2/c1-12(2)10-17-15(20)18-11-13-4-3-5-16-14(13)19-6-8-21-9-7-19/h3-5,12H,6-11H2,1-2H3,(H2,17,18,20). The second-order valence-corrected chi connectivity index (χ2v) is 5.54. The Bertz CT molecular complexity index is 459. The lowest BCUT2D eigenvalue weighted by Gasteiger charge is -2.29. The van der Waals surface area contributed by atoms with Crippen molar-refractivity contribution in [3.63, 3.8) is 0 Å². The summed E-state index contributed by atoms with van der Waals surface area (Å²) in [5, 5.41) is 5.73. The zero-order valence-corrected chi connectivity index (χ0v) is 12.8. The zero-order chi connectivity index (χ0) is 15.1. The van der Waals surface area contributed by atoms with Crippen molar-refractivity contribution in [2.45, 2.75) is 20.4 Å². The Morgan fingerprint density at radius 2 is 2.14 bits per heavy atom. The van der Waals surface area contributed by atoms with Gasteiger partial charge in [0.05, 0.1) is 13.2 Å². The molecule has 1 aromatic rings. The highest BCUT2D eigenvalue weighted by molar-refractivity contribution is 5.74. The smallest absolute Gasteiger partial charge is 0.315 e. The number of aromatic nitrogens is 1. The van der Waals surface area contributed by atoms with Gasteiger partial charge in [-0.3, -0.25) is 0 Å². The Balaban J connectivity index is 1.92. The highest BCUT2D eigenvalue weighted by atomic mass is 16.5. The number of anilines is 1. The van der Waals surface area contributed by atoms with Crippen LogP contribution in [0.4, 0.5) is 10.6 Å². The van der Waals surface area contributed by atoms with E-state index in [1.165, 1.54) is 0 Å². The summed E-state index contributed by atoms with van der Waals surface area (Å²) < 4.78 is 5.36. The quantitative estimate of drug-likeness (QED) is 0.860. The molecule has 1 aliphatic rings. The first-order valence-corrected chi connectivity index (χ1v) is 7.45. The van der Waals surface area contributed by atoms with Crippen molar-refractivity contribution >= 4 is 11.8 Å². The summed E-state index contributed by atoms with van der Waals surface area (Å²) in [4.78, 5) is 18.4. The molecule has 0 spiro atoms. The number of hydrogen-bond donors (Lipinski definition) is 2. The van der Waals surface area contributed by atoms with E-state index in [1.54, 1.807) is 6.20 Å². The monoisotopic (exact) mass is 292 g/mol. The van der Waals surface area contributed by atoms with Crippen LogP contribution < -0.4 is 15.5 Å². The molecule has 0 aliphatic carbocycles. The molecular formula is C15H24N4O2. The molecule has 0 unspecified atom stereocenters. The lowest BCUT2D eigenvalue weighted by molar-refractivity contribution is 0.122. The van der Waals surface area contributed by atoms with Crippen LogP contribution >= 0.6 is 0 Å². The fourth-order valence-electron chi connectivity index (χ4n) is 2.16. The molecule has 21 heavy (non-hydrogen) atoms. The first-order valence-electron chi connectivity index (χ1n) is 7.45. The van der Waals surface area contributed by atoms with Gasteiger partial charge in [-0.15, -0.1) is 0 Å². The summed E-state index contributed by atoms with van der Waals surface area (Å²) in [6.45, 7) is 8.40. The largest absolute Gasteiger partial charge is 0.378 e. The minimum atomic E-state index is -0.138. The molecule has 2 rings (SSSR count). The normalized spacial score (nSPS) is 15.1. The number of nitrogens with zero attached hydrogens (tertiary/aromatic N) is 2. The van der Waals surface area contributed by atoms with Gasteiger partial charge in [0.2, 0.25) is 0 Å². The van der Waals surface area contributed by atoms with Gasteiger partial charge in [-0.05, 0) is 12.0 Å². The van der Waals surface area contributed by atoms with Crippen molar-refractivity contribution in [1.29, 1.82) is 0 Å². The first kappa shape index (κ1) is 15.6. The minimum Gasteiger partial charge on any atom is -0.378 e. The van der Waals surface area contributed by atoms with Gasteiger partial charge in [0.15, 0.2) is 0 Å². The predicted molar refractivity (Wildman–Crippen MR) is 82.3 cm³/mol. The number of hydrogen-bond acceptors (Lipinski definition) is 4. The molecular weight excluding hydrogens is 268 g/mol. The van der Waals surface area contributed by atoms with Gasteiger partial charge in [-0.2, -0.15) is 0 Å². The Hall–Kier alpha value is -1.82. The summed E-state index contributed by atoms with van der Waals surface area (Å²) >= 11 is 0. The molecule has 0 atom stereocenters. The number of carbonyl (C=O) groups excluding carboxylic acids is 1. The van der Waals surface area contributed by atoms with Crippen LogP contribution in [-0.2, 0) is 11.3 Å². The maximum absolute atomic E-state index is 11.7. The van der Waals surface area contributed by atoms with Crippen LogP contribution in [-0.4, -0.2) is 43.9 Å². The molecule has 0 aromatic carbocycles. The number of morpholine rings is 1. The number of rotatable bonds is 5. The number of pyridine rings is 1. The van der Waals surface area contributed by atoms with E-state index >= 15 is 0 Å². The van der Waals surface area contributed by atoms with Crippen LogP contribution in [0.1, 0.15) is 19.4 Å². The lowest BCUT2D eigenvalue weighted by Crippen LogP contribution is -2.39. The topological polar surface area (TPSA) is 66.5 Å². The van der Waals surface area contributed by atoms with Crippen molar-refractivity contribution in [3.05, 3.63) is 23.9 Å². The highest BCUT2D eigenvalue weighted by Crippen LogP contribution is 2.18. The SMILES string of the molecule is CC(C)CNC(=O)NCc1cccnc1N1CCOCC1. The average molecular weight is 292 g/mol. The summed E-state index contributed by atoms with van der Waals surface area (Å²) in [7, 11) is 0. The summed E-state index contributed by atoms with van der Waals surface area (Å²) in [5.41, 5.74) is 1.03. The second-order valence-electron chi connectivity index (χ2n) is 5.54. The minimum absolute atomic E-state index is 0.138. The zero-order valence-electron chi connectivity index (χ0n) is 12.8. The van der Waals surface area contributed by atoms with Crippen molar-refractivity contribution in [2.75, 3.05) is 37.7 Å². The fourth-order valence-corrected chi connectivity index (χ4v) is 2.16. The predicted octanol–water partition coefficient (Wildman–Crippen LogP) is 1.37. The maximum atomic E-state index is 11.7. The Labute approximate surface area is 125 Å². The molecule has 0 radical (unpaired) electrons. The van der Waals surface area contributed by atoms with Crippen molar-refractivity contribution < 1.29 is 9.53 Å². The van der Waals surface area contributed by atoms with E-state index in [1.807, 2.05) is 12.1 Å². The molecule has 116 valence electrons. The van der Waals surface area contributed by atoms with Crippen LogP contribution in [0.5, 0.6) is 0 Å². The maximum Gasteiger partial charge on any atom is 0.315 e. The van der Waals surface area contributed by atoms with E-state index < -0.39 is 0 Å². The summed E-state index contributed by atoms with van der Waals surface area (Å²) in [6, 6.07) is 3.76. The highest BCUT2D eigenvalue weighted by Gasteiger charge is 2.16. The second kappa shape index (κ2) is 7.83. The van der Waals surface area contributed by atoms with Gasteiger partial charge >= 0.3 is 6.03 Å². The summed E-state index contributed by atoms with van der Waals surface area (Å²) in [5.74, 6) is 1.38. The van der Waals surface area contributed by atoms with Crippen LogP contribution in [0.3, 0.4) is 0 Å². The molecule has 0 bridgehead atoms. The van der Waals surface area contributed by atoms with Crippen LogP contribution in [0.15, 0.2) is 18.3 Å². The molecule has 1 saturated heterocycles. The van der Waals surface area contributed by atoms with E-state index in [-0.39, 0.29) is 6.03 Å². The van der Waals surface area contributed by atoms with Gasteiger partial charge in [0.25, 0.3) is 0 Å². The third kappa shape index (κ3) is 4.90. The molecule has 1 fully saturated rings. The van der Waals surface area contributed by atoms with Gasteiger partial charge < -0.3 is 20.3 Å². The number of nitrogens with one attached hydrogen (secondary N) is 2. The van der Waals surface area contributed by atoms with Crippen LogP contribution in [0, 0.1) is 5.92 Å². The Morgan fingerprint density at radius 3 is 2.86 bits per heavy atom. The van der Waals surface area contributed by atoms with Gasteiger partial charge in [0.1, 0.15) is 5.82 Å². The molecule has 2 amide bonds. The number of urea groups is 1. The average Bonchev–Trinajstić information content (AvgIpc) is 2.52. The number of amides is 2. The van der Waals surface area contributed by atoms with E-state index in [4.69, 9.17) is 4.74 Å². The molecule has 2 N–H and O–H groups in total. The fraction of sp³-hybridized carbons (Fsp3) is 0.600. The molecule has 2 heterocycles. The first-order chi connectivity index (χ1) is 10.2. The van der Waals surface area contributed by atoms with E-state index in [0.717, 1.165) is 37.7 Å². The molecule has 6 heteroatoms. The van der Waals surface area contributed by atoms with Crippen molar-refractivity contribution in [3.8, 4) is 0 Å². The molecule has 1 aliphatic heterocycles. The van der Waals surface area contributed by atoms with Gasteiger partial charge in [-0.1, -0.05) is 19.9 Å². The van der Waals surface area contributed by atoms with Crippen LogP contribution in [0.2, 0.25) is 0 Å².